The molecule has 2 aromatic carbocycles. The zero-order valence-corrected chi connectivity index (χ0v) is 16.6. The number of benzene rings is 2. The maximum atomic E-state index is 13.9. The van der Waals surface area contributed by atoms with Crippen LogP contribution in [0.3, 0.4) is 0 Å². The fourth-order valence-corrected chi connectivity index (χ4v) is 3.33. The van der Waals surface area contributed by atoms with E-state index in [1.165, 1.54) is 10.7 Å². The van der Waals surface area contributed by atoms with Crippen LogP contribution in [0.2, 0.25) is 5.02 Å². The van der Waals surface area contributed by atoms with E-state index < -0.39 is 5.82 Å². The number of halogens is 4. The number of carbonyl (C=O) groups excluding carboxylic acids is 1. The molecule has 25 heavy (non-hydrogen) atoms. The Morgan fingerprint density at radius 2 is 1.92 bits per heavy atom. The minimum Gasteiger partial charge on any atom is -0.304 e. The number of rotatable bonds is 4. The molecule has 0 unspecified atom stereocenters. The number of nitrogens with zero attached hydrogens (tertiary/aromatic N) is 2. The quantitative estimate of drug-likeness (QED) is 0.528. The van der Waals surface area contributed by atoms with Crippen molar-refractivity contribution in [2.75, 3.05) is 5.32 Å². The molecule has 0 spiro atoms. The molecule has 3 aromatic rings. The van der Waals surface area contributed by atoms with Gasteiger partial charge in [-0.25, -0.2) is 4.39 Å². The van der Waals surface area contributed by atoms with Crippen LogP contribution in [0.25, 0.3) is 0 Å². The van der Waals surface area contributed by atoms with Gasteiger partial charge in [0.25, 0.3) is 5.91 Å². The second-order valence-corrected chi connectivity index (χ2v) is 7.27. The van der Waals surface area contributed by atoms with E-state index in [2.05, 4.69) is 42.3 Å². The van der Waals surface area contributed by atoms with Crippen LogP contribution < -0.4 is 5.32 Å². The van der Waals surface area contributed by atoms with Gasteiger partial charge in [-0.3, -0.25) is 9.48 Å². The lowest BCUT2D eigenvalue weighted by atomic mass is 10.2. The highest BCUT2D eigenvalue weighted by Crippen LogP contribution is 2.25. The molecule has 3 rings (SSSR count). The van der Waals surface area contributed by atoms with Gasteiger partial charge in [-0.2, -0.15) is 5.10 Å². The van der Waals surface area contributed by atoms with Crippen LogP contribution >= 0.6 is 43.5 Å². The Hall–Kier alpha value is -1.70. The first kappa shape index (κ1) is 18.1. The molecule has 8 heteroatoms. The van der Waals surface area contributed by atoms with Crippen molar-refractivity contribution in [1.82, 2.24) is 9.78 Å². The summed E-state index contributed by atoms with van der Waals surface area (Å²) in [5.41, 5.74) is 0.823. The Bertz CT molecular complexity index is 925. The molecule has 4 nitrogen and oxygen atoms in total. The van der Waals surface area contributed by atoms with Gasteiger partial charge in [0.05, 0.1) is 16.6 Å². The lowest BCUT2D eigenvalue weighted by Crippen LogP contribution is -2.13. The van der Waals surface area contributed by atoms with Gasteiger partial charge in [0.1, 0.15) is 5.82 Å². The summed E-state index contributed by atoms with van der Waals surface area (Å²) in [5.74, 6) is -0.367. The highest BCUT2D eigenvalue weighted by atomic mass is 79.9. The summed E-state index contributed by atoms with van der Waals surface area (Å²) in [7, 11) is 0. The van der Waals surface area contributed by atoms with Crippen LogP contribution in [-0.2, 0) is 6.54 Å². The van der Waals surface area contributed by atoms with Crippen LogP contribution in [0.4, 0.5) is 10.2 Å². The average molecular weight is 488 g/mol. The molecule has 128 valence electrons. The van der Waals surface area contributed by atoms with E-state index in [1.807, 2.05) is 6.07 Å². The highest BCUT2D eigenvalue weighted by molar-refractivity contribution is 9.11. The van der Waals surface area contributed by atoms with Crippen LogP contribution in [0.1, 0.15) is 15.9 Å². The Morgan fingerprint density at radius 1 is 1.16 bits per heavy atom. The molecule has 1 N–H and O–H groups in total. The van der Waals surface area contributed by atoms with Gasteiger partial charge in [0.2, 0.25) is 0 Å². The molecule has 0 aliphatic carbocycles. The Kier molecular flexibility index (Phi) is 5.56. The Labute approximate surface area is 165 Å². The molecule has 0 radical (unpaired) electrons. The van der Waals surface area contributed by atoms with Gasteiger partial charge in [-0.1, -0.05) is 29.8 Å². The van der Waals surface area contributed by atoms with Crippen molar-refractivity contribution in [3.05, 3.63) is 79.6 Å². The summed E-state index contributed by atoms with van der Waals surface area (Å²) in [4.78, 5) is 12.4. The maximum absolute atomic E-state index is 13.9. The summed E-state index contributed by atoms with van der Waals surface area (Å²) in [6, 6.07) is 11.6. The third-order valence-corrected chi connectivity index (χ3v) is 5.08. The Morgan fingerprint density at radius 3 is 2.64 bits per heavy atom. The molecule has 0 saturated heterocycles. The third kappa shape index (κ3) is 4.11. The van der Waals surface area contributed by atoms with Crippen molar-refractivity contribution < 1.29 is 9.18 Å². The zero-order valence-electron chi connectivity index (χ0n) is 12.6. The lowest BCUT2D eigenvalue weighted by Gasteiger charge is -2.06. The van der Waals surface area contributed by atoms with E-state index in [1.54, 1.807) is 36.5 Å². The summed E-state index contributed by atoms with van der Waals surface area (Å²) in [6.07, 6.45) is 1.65. The first-order chi connectivity index (χ1) is 12.0. The fourth-order valence-electron chi connectivity index (χ4n) is 2.23. The van der Waals surface area contributed by atoms with Gasteiger partial charge < -0.3 is 5.32 Å². The lowest BCUT2D eigenvalue weighted by molar-refractivity contribution is 0.102. The van der Waals surface area contributed by atoms with Gasteiger partial charge in [0.15, 0.2) is 5.82 Å². The standard InChI is InChI=1S/C17H11Br2ClFN3O/c18-12-5-2-1-4-10(12)17(25)22-16-13(19)9-24(23-16)8-11-14(20)6-3-7-15(11)21/h1-7,9H,8H2,(H,22,23,25). The molecule has 0 saturated carbocycles. The zero-order chi connectivity index (χ0) is 18.0. The van der Waals surface area contributed by atoms with Gasteiger partial charge in [0, 0.05) is 21.3 Å². The van der Waals surface area contributed by atoms with E-state index in [0.29, 0.717) is 30.9 Å². The maximum Gasteiger partial charge on any atom is 0.258 e. The molecule has 1 aromatic heterocycles. The summed E-state index contributed by atoms with van der Waals surface area (Å²) < 4.78 is 16.7. The minimum atomic E-state index is -0.405. The van der Waals surface area contributed by atoms with Crippen LogP contribution in [0.5, 0.6) is 0 Å². The van der Waals surface area contributed by atoms with Crippen molar-refractivity contribution >= 4 is 55.2 Å². The first-order valence-corrected chi connectivity index (χ1v) is 9.14. The van der Waals surface area contributed by atoms with E-state index >= 15 is 0 Å². The monoisotopic (exact) mass is 485 g/mol. The Balaban J connectivity index is 1.81. The second-order valence-electron chi connectivity index (χ2n) is 5.16. The SMILES string of the molecule is O=C(Nc1nn(Cc2c(F)cccc2Cl)cc1Br)c1ccccc1Br. The second kappa shape index (κ2) is 7.68. The molecule has 0 fully saturated rings. The molecule has 1 amide bonds. The van der Waals surface area contributed by atoms with Crippen LogP contribution in [0, 0.1) is 5.82 Å². The number of hydrogen-bond acceptors (Lipinski definition) is 2. The topological polar surface area (TPSA) is 46.9 Å². The summed E-state index contributed by atoms with van der Waals surface area (Å²) >= 11 is 12.7. The van der Waals surface area contributed by atoms with E-state index in [0.717, 1.165) is 0 Å². The van der Waals surface area contributed by atoms with E-state index in [-0.39, 0.29) is 12.5 Å². The van der Waals surface area contributed by atoms with Crippen molar-refractivity contribution in [1.29, 1.82) is 0 Å². The summed E-state index contributed by atoms with van der Waals surface area (Å²) in [5, 5.41) is 7.33. The van der Waals surface area contributed by atoms with Crippen molar-refractivity contribution in [2.24, 2.45) is 0 Å². The van der Waals surface area contributed by atoms with E-state index in [4.69, 9.17) is 11.6 Å². The largest absolute Gasteiger partial charge is 0.304 e. The van der Waals surface area contributed by atoms with Crippen molar-refractivity contribution in [3.63, 3.8) is 0 Å². The van der Waals surface area contributed by atoms with E-state index in [9.17, 15) is 9.18 Å². The number of anilines is 1. The van der Waals surface area contributed by atoms with Gasteiger partial charge in [-0.05, 0) is 56.1 Å². The molecule has 0 aliphatic heterocycles. The number of hydrogen-bond donors (Lipinski definition) is 1. The third-order valence-electron chi connectivity index (χ3n) is 3.45. The smallest absolute Gasteiger partial charge is 0.258 e. The first-order valence-electron chi connectivity index (χ1n) is 7.17. The fraction of sp³-hybridized carbons (Fsp3) is 0.0588. The number of nitrogens with one attached hydrogen (secondary N) is 1. The normalized spacial score (nSPS) is 10.7. The minimum absolute atomic E-state index is 0.148. The molecule has 0 aliphatic rings. The molecule has 1 heterocycles. The van der Waals surface area contributed by atoms with Crippen LogP contribution in [0.15, 0.2) is 57.6 Å². The molecule has 0 bridgehead atoms. The molecule has 0 atom stereocenters. The molecular formula is C17H11Br2ClFN3O. The highest BCUT2D eigenvalue weighted by Gasteiger charge is 2.15. The summed E-state index contributed by atoms with van der Waals surface area (Å²) in [6.45, 7) is 0.148. The van der Waals surface area contributed by atoms with Gasteiger partial charge in [-0.15, -0.1) is 0 Å². The van der Waals surface area contributed by atoms with Crippen molar-refractivity contribution in [3.8, 4) is 0 Å². The number of carbonyl (C=O) groups is 1. The van der Waals surface area contributed by atoms with Crippen molar-refractivity contribution in [2.45, 2.75) is 6.54 Å². The average Bonchev–Trinajstić information content (AvgIpc) is 2.91. The van der Waals surface area contributed by atoms with Gasteiger partial charge >= 0.3 is 0 Å². The number of amides is 1. The van der Waals surface area contributed by atoms with Crippen LogP contribution in [-0.4, -0.2) is 15.7 Å². The number of aromatic nitrogens is 2. The predicted octanol–water partition coefficient (Wildman–Crippen LogP) is 5.50. The predicted molar refractivity (Wildman–Crippen MR) is 103 cm³/mol. The molecular weight excluding hydrogens is 476 g/mol.